The highest BCUT2D eigenvalue weighted by Gasteiger charge is 2.46. The molecule has 1 aliphatic rings. The number of nitrogens with zero attached hydrogens (tertiary/aromatic N) is 1. The summed E-state index contributed by atoms with van der Waals surface area (Å²) in [6.07, 6.45) is 0.567. The number of hydrogen-bond donors (Lipinski definition) is 1. The molecule has 1 N–H and O–H groups in total. The minimum Gasteiger partial charge on any atom is -0.423 e. The van der Waals surface area contributed by atoms with Crippen LogP contribution in [-0.4, -0.2) is 37.2 Å². The molecule has 4 rings (SSSR count). The summed E-state index contributed by atoms with van der Waals surface area (Å²) >= 11 is 0. The lowest BCUT2D eigenvalue weighted by Crippen LogP contribution is -2.37. The van der Waals surface area contributed by atoms with Gasteiger partial charge in [0, 0.05) is 24.3 Å². The molecule has 0 saturated carbocycles. The van der Waals surface area contributed by atoms with E-state index in [0.29, 0.717) is 29.7 Å². The smallest absolute Gasteiger partial charge is 0.423 e. The molecule has 0 radical (unpaired) electrons. The number of amides is 1. The van der Waals surface area contributed by atoms with Gasteiger partial charge in [0.15, 0.2) is 0 Å². The Labute approximate surface area is 199 Å². The summed E-state index contributed by atoms with van der Waals surface area (Å²) in [6, 6.07) is 18.6. The van der Waals surface area contributed by atoms with Crippen LogP contribution in [0.3, 0.4) is 0 Å². The van der Waals surface area contributed by atoms with Gasteiger partial charge in [-0.25, -0.2) is 4.79 Å². The quantitative estimate of drug-likeness (QED) is 0.398. The maximum absolute atomic E-state index is 13.1. The van der Waals surface area contributed by atoms with Crippen molar-refractivity contribution in [1.82, 2.24) is 4.90 Å². The van der Waals surface area contributed by atoms with Crippen LogP contribution in [0.25, 0.3) is 0 Å². The van der Waals surface area contributed by atoms with Gasteiger partial charge >= 0.3 is 21.5 Å². The lowest BCUT2D eigenvalue weighted by atomic mass is 9.98. The van der Waals surface area contributed by atoms with Gasteiger partial charge in [0.1, 0.15) is 5.75 Å². The zero-order chi connectivity index (χ0) is 25.2. The summed E-state index contributed by atoms with van der Waals surface area (Å²) in [5, 5.41) is 0. The van der Waals surface area contributed by atoms with Gasteiger partial charge in [-0.1, -0.05) is 36.4 Å². The van der Waals surface area contributed by atoms with Crippen molar-refractivity contribution in [3.05, 3.63) is 95.1 Å². The van der Waals surface area contributed by atoms with Gasteiger partial charge < -0.3 is 9.64 Å². The molecule has 7 nitrogen and oxygen atoms in total. The van der Waals surface area contributed by atoms with Crippen molar-refractivity contribution >= 4 is 27.6 Å². The second-order valence-corrected chi connectivity index (χ2v) is 9.47. The topological polar surface area (TPSA) is 92.8 Å². The van der Waals surface area contributed by atoms with Crippen molar-refractivity contribution in [1.29, 1.82) is 0 Å². The number of carbonyl (C=O) groups excluding carboxylic acids is 2. The first-order chi connectivity index (χ1) is 16.5. The fourth-order valence-electron chi connectivity index (χ4n) is 3.57. The van der Waals surface area contributed by atoms with Crippen LogP contribution in [0.4, 0.5) is 18.9 Å². The number of rotatable bonds is 6. The second-order valence-electron chi connectivity index (χ2n) is 7.80. The number of alkyl halides is 3. The molecule has 1 heterocycles. The van der Waals surface area contributed by atoms with Crippen molar-refractivity contribution < 1.29 is 35.9 Å². The van der Waals surface area contributed by atoms with Gasteiger partial charge in [-0.05, 0) is 53.9 Å². The van der Waals surface area contributed by atoms with E-state index in [-0.39, 0.29) is 23.9 Å². The minimum atomic E-state index is -5.51. The van der Waals surface area contributed by atoms with E-state index in [1.165, 1.54) is 35.1 Å². The van der Waals surface area contributed by atoms with Crippen LogP contribution in [0.15, 0.2) is 72.8 Å². The molecule has 182 valence electrons. The molecule has 0 fully saturated rings. The lowest BCUT2D eigenvalue weighted by molar-refractivity contribution is -0.0429. The highest BCUT2D eigenvalue weighted by atomic mass is 32.2. The Kier molecular flexibility index (Phi) is 6.53. The zero-order valence-electron chi connectivity index (χ0n) is 18.1. The Morgan fingerprint density at radius 1 is 1.00 bits per heavy atom. The van der Waals surface area contributed by atoms with Crippen molar-refractivity contribution in [2.45, 2.75) is 18.5 Å². The first kappa shape index (κ1) is 24.3. The third kappa shape index (κ3) is 5.46. The molecule has 3 aromatic carbocycles. The zero-order valence-corrected chi connectivity index (χ0v) is 18.9. The molecule has 35 heavy (non-hydrogen) atoms. The Balaban J connectivity index is 1.44. The molecule has 0 aliphatic carbocycles. The number of esters is 1. The number of fused-ring (bicyclic) bond motifs is 1. The number of benzene rings is 3. The van der Waals surface area contributed by atoms with Crippen molar-refractivity contribution in [2.75, 3.05) is 11.3 Å². The number of carbonyl (C=O) groups is 2. The van der Waals surface area contributed by atoms with E-state index >= 15 is 0 Å². The fourth-order valence-corrected chi connectivity index (χ4v) is 4.13. The maximum atomic E-state index is 13.1. The highest BCUT2D eigenvalue weighted by molar-refractivity contribution is 7.93. The predicted molar refractivity (Wildman–Crippen MR) is 121 cm³/mol. The standard InChI is InChI=1S/C24H19F3N2O5S/c25-24(26,27)35(32,33)28-19-9-6-16(7-10-19)15-29-13-12-17-8-11-20(14-21(17)22(29)30)34-23(31)18-4-2-1-3-5-18/h1-11,14,28H,12-13,15H2. The molecule has 3 aromatic rings. The number of hydrogen-bond acceptors (Lipinski definition) is 5. The molecule has 0 atom stereocenters. The molecule has 11 heteroatoms. The van der Waals surface area contributed by atoms with Crippen molar-refractivity contribution in [2.24, 2.45) is 0 Å². The highest BCUT2D eigenvalue weighted by Crippen LogP contribution is 2.27. The van der Waals surface area contributed by atoms with E-state index in [0.717, 1.165) is 5.56 Å². The van der Waals surface area contributed by atoms with Gasteiger partial charge in [-0.3, -0.25) is 9.52 Å². The average molecular weight is 504 g/mol. The monoisotopic (exact) mass is 504 g/mol. The van der Waals surface area contributed by atoms with Crippen LogP contribution in [0.5, 0.6) is 5.75 Å². The number of anilines is 1. The van der Waals surface area contributed by atoms with Crippen LogP contribution in [0.2, 0.25) is 0 Å². The Morgan fingerprint density at radius 2 is 1.69 bits per heavy atom. The number of halogens is 3. The average Bonchev–Trinajstić information content (AvgIpc) is 2.82. The van der Waals surface area contributed by atoms with Crippen LogP contribution >= 0.6 is 0 Å². The van der Waals surface area contributed by atoms with Gasteiger partial charge in [-0.2, -0.15) is 21.6 Å². The predicted octanol–water partition coefficient (Wildman–Crippen LogP) is 4.37. The summed E-state index contributed by atoms with van der Waals surface area (Å²) in [5.41, 5.74) is -3.49. The van der Waals surface area contributed by atoms with Gasteiger partial charge in [0.2, 0.25) is 0 Å². The molecule has 0 aromatic heterocycles. The van der Waals surface area contributed by atoms with Crippen LogP contribution in [-0.2, 0) is 23.0 Å². The Hall–Kier alpha value is -3.86. The van der Waals surface area contributed by atoms with E-state index in [9.17, 15) is 31.2 Å². The van der Waals surface area contributed by atoms with Crippen molar-refractivity contribution in [3.63, 3.8) is 0 Å². The molecule has 0 saturated heterocycles. The number of ether oxygens (including phenoxy) is 1. The lowest BCUT2D eigenvalue weighted by Gasteiger charge is -2.29. The molecule has 1 amide bonds. The minimum absolute atomic E-state index is 0.165. The molecular weight excluding hydrogens is 485 g/mol. The first-order valence-corrected chi connectivity index (χ1v) is 11.9. The van der Waals surface area contributed by atoms with E-state index in [1.807, 2.05) is 0 Å². The van der Waals surface area contributed by atoms with Gasteiger partial charge in [0.05, 0.1) is 5.56 Å². The van der Waals surface area contributed by atoms with E-state index in [1.54, 1.807) is 47.4 Å². The fraction of sp³-hybridized carbons (Fsp3) is 0.167. The van der Waals surface area contributed by atoms with E-state index < -0.39 is 21.5 Å². The van der Waals surface area contributed by atoms with E-state index in [2.05, 4.69) is 0 Å². The molecule has 0 spiro atoms. The Morgan fingerprint density at radius 3 is 2.34 bits per heavy atom. The molecule has 1 aliphatic heterocycles. The normalized spacial score (nSPS) is 13.8. The van der Waals surface area contributed by atoms with Gasteiger partial charge in [-0.15, -0.1) is 0 Å². The Bertz CT molecular complexity index is 1360. The third-order valence-electron chi connectivity index (χ3n) is 5.35. The number of nitrogens with one attached hydrogen (secondary N) is 1. The number of sulfonamides is 1. The van der Waals surface area contributed by atoms with E-state index in [4.69, 9.17) is 4.74 Å². The first-order valence-electron chi connectivity index (χ1n) is 10.4. The molecular formula is C24H19F3N2O5S. The third-order valence-corrected chi connectivity index (χ3v) is 6.47. The van der Waals surface area contributed by atoms with Gasteiger partial charge in [0.25, 0.3) is 5.91 Å². The maximum Gasteiger partial charge on any atom is 0.516 e. The summed E-state index contributed by atoms with van der Waals surface area (Å²) in [7, 11) is -5.51. The van der Waals surface area contributed by atoms with Crippen LogP contribution in [0, 0.1) is 0 Å². The van der Waals surface area contributed by atoms with Crippen molar-refractivity contribution in [3.8, 4) is 5.75 Å². The second kappa shape index (κ2) is 9.41. The SMILES string of the molecule is O=C(Oc1ccc2c(c1)C(=O)N(Cc1ccc(NS(=O)(=O)C(F)(F)F)cc1)CC2)c1ccccc1. The summed E-state index contributed by atoms with van der Waals surface area (Å²) in [4.78, 5) is 26.9. The van der Waals surface area contributed by atoms with Crippen LogP contribution < -0.4 is 9.46 Å². The van der Waals surface area contributed by atoms with Crippen LogP contribution in [0.1, 0.15) is 31.8 Å². The molecule has 0 unspecified atom stereocenters. The molecule has 0 bridgehead atoms. The summed E-state index contributed by atoms with van der Waals surface area (Å²) in [5.74, 6) is -0.605. The summed E-state index contributed by atoms with van der Waals surface area (Å²) < 4.78 is 66.9. The summed E-state index contributed by atoms with van der Waals surface area (Å²) in [6.45, 7) is 0.579. The largest absolute Gasteiger partial charge is 0.516 e.